The van der Waals surface area contributed by atoms with Crippen molar-refractivity contribution >= 4 is 46.3 Å². The maximum atomic E-state index is 12.3. The van der Waals surface area contributed by atoms with Gasteiger partial charge in [-0.15, -0.1) is 23.1 Å². The predicted molar refractivity (Wildman–Crippen MR) is 134 cm³/mol. The SMILES string of the molecule is CSc1cc(NC(=O)Oc2ccc([N+](=O)[O-])cc2)ccc1-c1cnc(-c2ccc([N+](=O)[O-])cc2)s1. The molecule has 0 bridgehead atoms. The molecule has 0 spiro atoms. The van der Waals surface area contributed by atoms with Crippen molar-refractivity contribution < 1.29 is 19.4 Å². The molecule has 10 nitrogen and oxygen atoms in total. The van der Waals surface area contributed by atoms with Crippen LogP contribution in [-0.2, 0) is 0 Å². The summed E-state index contributed by atoms with van der Waals surface area (Å²) in [6, 6.07) is 16.8. The van der Waals surface area contributed by atoms with Gasteiger partial charge in [-0.2, -0.15) is 0 Å². The summed E-state index contributed by atoms with van der Waals surface area (Å²) in [5.74, 6) is 0.179. The van der Waals surface area contributed by atoms with Gasteiger partial charge in [0.05, 0.1) is 14.7 Å². The Balaban J connectivity index is 1.48. The van der Waals surface area contributed by atoms with Crippen molar-refractivity contribution in [2.45, 2.75) is 4.90 Å². The predicted octanol–water partition coefficient (Wildman–Crippen LogP) is 6.63. The van der Waals surface area contributed by atoms with E-state index in [4.69, 9.17) is 4.74 Å². The zero-order valence-corrected chi connectivity index (χ0v) is 19.7. The standard InChI is InChI=1S/C23H16N4O6S2/c1-34-20-12-15(25-23(28)33-18-9-7-17(8-10-18)27(31)32)4-11-19(20)21-13-24-22(35-21)14-2-5-16(6-3-14)26(29)30/h2-13H,1H3,(H,25,28). The molecule has 1 heterocycles. The molecule has 4 aromatic rings. The molecule has 1 amide bonds. The quantitative estimate of drug-likeness (QED) is 0.167. The van der Waals surface area contributed by atoms with E-state index < -0.39 is 15.9 Å². The summed E-state index contributed by atoms with van der Waals surface area (Å²) in [5, 5.41) is 25.0. The highest BCUT2D eigenvalue weighted by molar-refractivity contribution is 7.98. The van der Waals surface area contributed by atoms with Crippen molar-refractivity contribution in [2.24, 2.45) is 0 Å². The van der Waals surface area contributed by atoms with Crippen molar-refractivity contribution in [3.8, 4) is 26.8 Å². The lowest BCUT2D eigenvalue weighted by Crippen LogP contribution is -2.16. The van der Waals surface area contributed by atoms with Gasteiger partial charge in [-0.1, -0.05) is 6.07 Å². The van der Waals surface area contributed by atoms with Crippen LogP contribution in [0.3, 0.4) is 0 Å². The number of non-ortho nitro benzene ring substituents is 2. The van der Waals surface area contributed by atoms with E-state index in [-0.39, 0.29) is 17.1 Å². The Hall–Kier alpha value is -4.29. The molecule has 3 aromatic carbocycles. The van der Waals surface area contributed by atoms with Crippen molar-refractivity contribution in [1.82, 2.24) is 4.98 Å². The largest absolute Gasteiger partial charge is 0.417 e. The number of nitro benzene ring substituents is 2. The van der Waals surface area contributed by atoms with E-state index in [1.54, 1.807) is 24.4 Å². The van der Waals surface area contributed by atoms with Gasteiger partial charge in [0, 0.05) is 52.2 Å². The van der Waals surface area contributed by atoms with E-state index in [0.717, 1.165) is 25.9 Å². The number of amides is 1. The highest BCUT2D eigenvalue weighted by Crippen LogP contribution is 2.38. The number of aromatic nitrogens is 1. The molecule has 0 saturated heterocycles. The van der Waals surface area contributed by atoms with Gasteiger partial charge in [0.25, 0.3) is 11.4 Å². The van der Waals surface area contributed by atoms with E-state index in [2.05, 4.69) is 10.3 Å². The minimum atomic E-state index is -0.725. The number of hydrogen-bond acceptors (Lipinski definition) is 9. The van der Waals surface area contributed by atoms with Gasteiger partial charge in [0.15, 0.2) is 0 Å². The highest BCUT2D eigenvalue weighted by atomic mass is 32.2. The van der Waals surface area contributed by atoms with Crippen molar-refractivity contribution in [3.05, 3.63) is 93.2 Å². The van der Waals surface area contributed by atoms with Crippen LogP contribution in [0, 0.1) is 20.2 Å². The molecular weight excluding hydrogens is 492 g/mol. The van der Waals surface area contributed by atoms with E-state index in [9.17, 15) is 25.0 Å². The lowest BCUT2D eigenvalue weighted by atomic mass is 10.2. The fraction of sp³-hybridized carbons (Fsp3) is 0.0435. The summed E-state index contributed by atoms with van der Waals surface area (Å²) in [7, 11) is 0. The van der Waals surface area contributed by atoms with E-state index in [1.165, 1.54) is 59.5 Å². The zero-order valence-electron chi connectivity index (χ0n) is 18.0. The third kappa shape index (κ3) is 5.62. The first-order chi connectivity index (χ1) is 16.8. The minimum absolute atomic E-state index is 0.0189. The number of thiazole rings is 1. The van der Waals surface area contributed by atoms with E-state index in [0.29, 0.717) is 5.69 Å². The van der Waals surface area contributed by atoms with Crippen LogP contribution >= 0.6 is 23.1 Å². The number of carbonyl (C=O) groups excluding carboxylic acids is 1. The number of rotatable bonds is 7. The number of benzene rings is 3. The Kier molecular flexibility index (Phi) is 7.03. The maximum absolute atomic E-state index is 12.3. The van der Waals surface area contributed by atoms with E-state index in [1.807, 2.05) is 18.4 Å². The molecule has 0 aliphatic rings. The van der Waals surface area contributed by atoms with Crippen molar-refractivity contribution in [3.63, 3.8) is 0 Å². The summed E-state index contributed by atoms with van der Waals surface area (Å²) in [4.78, 5) is 39.1. The van der Waals surface area contributed by atoms with Gasteiger partial charge < -0.3 is 4.74 Å². The lowest BCUT2D eigenvalue weighted by Gasteiger charge is -2.10. The summed E-state index contributed by atoms with van der Waals surface area (Å²) in [6.07, 6.45) is 2.93. The summed E-state index contributed by atoms with van der Waals surface area (Å²) < 4.78 is 5.19. The Morgan fingerprint density at radius 2 is 1.60 bits per heavy atom. The third-order valence-electron chi connectivity index (χ3n) is 4.80. The number of thioether (sulfide) groups is 1. The fourth-order valence-corrected chi connectivity index (χ4v) is 4.78. The third-order valence-corrected chi connectivity index (χ3v) is 6.66. The molecule has 0 atom stereocenters. The summed E-state index contributed by atoms with van der Waals surface area (Å²) in [6.45, 7) is 0. The molecule has 0 fully saturated rings. The van der Waals surface area contributed by atoms with Gasteiger partial charge in [-0.25, -0.2) is 9.78 Å². The van der Waals surface area contributed by atoms with Gasteiger partial charge in [0.2, 0.25) is 0 Å². The highest BCUT2D eigenvalue weighted by Gasteiger charge is 2.14. The van der Waals surface area contributed by atoms with Crippen LogP contribution in [0.1, 0.15) is 0 Å². The Morgan fingerprint density at radius 1 is 0.971 bits per heavy atom. The first-order valence-corrected chi connectivity index (χ1v) is 12.0. The van der Waals surface area contributed by atoms with Gasteiger partial charge in [0.1, 0.15) is 10.8 Å². The van der Waals surface area contributed by atoms with Crippen molar-refractivity contribution in [2.75, 3.05) is 11.6 Å². The van der Waals surface area contributed by atoms with Gasteiger partial charge in [-0.05, 0) is 42.7 Å². The van der Waals surface area contributed by atoms with E-state index >= 15 is 0 Å². The average Bonchev–Trinajstić information content (AvgIpc) is 3.34. The topological polar surface area (TPSA) is 138 Å². The Morgan fingerprint density at radius 3 is 2.20 bits per heavy atom. The second-order valence-electron chi connectivity index (χ2n) is 7.01. The Bertz CT molecular complexity index is 1400. The van der Waals surface area contributed by atoms with Crippen LogP contribution in [0.2, 0.25) is 0 Å². The Labute approximate surface area is 206 Å². The number of hydrogen-bond donors (Lipinski definition) is 1. The first-order valence-electron chi connectivity index (χ1n) is 9.96. The van der Waals surface area contributed by atoms with Crippen LogP contribution in [-0.4, -0.2) is 27.2 Å². The maximum Gasteiger partial charge on any atom is 0.417 e. The minimum Gasteiger partial charge on any atom is -0.410 e. The second kappa shape index (κ2) is 10.3. The van der Waals surface area contributed by atoms with Crippen molar-refractivity contribution in [1.29, 1.82) is 0 Å². The smallest absolute Gasteiger partial charge is 0.410 e. The summed E-state index contributed by atoms with van der Waals surface area (Å²) >= 11 is 2.95. The number of nitrogens with zero attached hydrogens (tertiary/aromatic N) is 3. The van der Waals surface area contributed by atoms with Crippen LogP contribution < -0.4 is 10.1 Å². The molecule has 0 aliphatic carbocycles. The number of carbonyl (C=O) groups is 1. The molecule has 1 N–H and O–H groups in total. The monoisotopic (exact) mass is 508 g/mol. The van der Waals surface area contributed by atoms with Gasteiger partial charge >= 0.3 is 6.09 Å². The molecular formula is C23H16N4O6S2. The first kappa shape index (κ1) is 23.9. The van der Waals surface area contributed by atoms with Crippen LogP contribution in [0.5, 0.6) is 5.75 Å². The normalized spacial score (nSPS) is 10.5. The summed E-state index contributed by atoms with van der Waals surface area (Å²) in [5.41, 5.74) is 2.15. The molecule has 1 aromatic heterocycles. The molecule has 35 heavy (non-hydrogen) atoms. The number of ether oxygens (including phenoxy) is 1. The molecule has 0 saturated carbocycles. The zero-order chi connectivity index (χ0) is 24.9. The van der Waals surface area contributed by atoms with Gasteiger partial charge in [-0.3, -0.25) is 25.5 Å². The lowest BCUT2D eigenvalue weighted by molar-refractivity contribution is -0.385. The molecule has 0 aliphatic heterocycles. The molecule has 12 heteroatoms. The second-order valence-corrected chi connectivity index (χ2v) is 8.89. The molecule has 176 valence electrons. The van der Waals surface area contributed by atoms with Crippen LogP contribution in [0.4, 0.5) is 21.9 Å². The number of nitrogens with one attached hydrogen (secondary N) is 1. The average molecular weight is 509 g/mol. The fourth-order valence-electron chi connectivity index (χ4n) is 3.12. The molecule has 4 rings (SSSR count). The number of anilines is 1. The number of nitro groups is 2. The molecule has 0 radical (unpaired) electrons. The van der Waals surface area contributed by atoms with Crippen LogP contribution in [0.25, 0.3) is 21.0 Å². The van der Waals surface area contributed by atoms with Crippen LogP contribution in [0.15, 0.2) is 77.8 Å². The molecule has 0 unspecified atom stereocenters.